The van der Waals surface area contributed by atoms with E-state index in [4.69, 9.17) is 0 Å². The predicted octanol–water partition coefficient (Wildman–Crippen LogP) is 2.90. The Bertz CT molecular complexity index is 623. The maximum atomic E-state index is 11.8. The molecule has 0 atom stereocenters. The highest BCUT2D eigenvalue weighted by atomic mass is 16.1. The van der Waals surface area contributed by atoms with Crippen LogP contribution in [0, 0.1) is 12.8 Å². The third-order valence-corrected chi connectivity index (χ3v) is 4.29. The Hall–Kier alpha value is -1.77. The molecule has 1 N–H and O–H groups in total. The molecule has 1 aromatic heterocycles. The SMILES string of the molecule is Cc1cc2cc(CNC(=O)C3CCC3)ccc2n1C. The molecule has 0 bridgehead atoms. The Morgan fingerprint density at radius 1 is 1.37 bits per heavy atom. The number of aryl methyl sites for hydroxylation is 2. The number of hydrogen-bond donors (Lipinski definition) is 1. The van der Waals surface area contributed by atoms with Crippen molar-refractivity contribution >= 4 is 16.8 Å². The van der Waals surface area contributed by atoms with Gasteiger partial charge in [-0.2, -0.15) is 0 Å². The average molecular weight is 256 g/mol. The zero-order valence-corrected chi connectivity index (χ0v) is 11.6. The summed E-state index contributed by atoms with van der Waals surface area (Å²) in [6, 6.07) is 8.59. The lowest BCUT2D eigenvalue weighted by Crippen LogP contribution is -2.33. The first-order chi connectivity index (χ1) is 9.15. The molecule has 100 valence electrons. The van der Waals surface area contributed by atoms with Crippen LogP contribution < -0.4 is 5.32 Å². The molecule has 1 aliphatic carbocycles. The fourth-order valence-electron chi connectivity index (χ4n) is 2.65. The number of amides is 1. The Kier molecular flexibility index (Phi) is 3.05. The van der Waals surface area contributed by atoms with Gasteiger partial charge in [-0.1, -0.05) is 12.5 Å². The highest BCUT2D eigenvalue weighted by Gasteiger charge is 2.24. The van der Waals surface area contributed by atoms with Gasteiger partial charge in [-0.15, -0.1) is 0 Å². The Balaban J connectivity index is 1.72. The summed E-state index contributed by atoms with van der Waals surface area (Å²) in [7, 11) is 2.08. The van der Waals surface area contributed by atoms with E-state index in [9.17, 15) is 4.79 Å². The molecule has 1 amide bonds. The van der Waals surface area contributed by atoms with Crippen molar-refractivity contribution in [3.8, 4) is 0 Å². The number of benzene rings is 1. The number of fused-ring (bicyclic) bond motifs is 1. The van der Waals surface area contributed by atoms with E-state index in [2.05, 4.69) is 48.1 Å². The summed E-state index contributed by atoms with van der Waals surface area (Å²) < 4.78 is 2.19. The molecule has 3 rings (SSSR count). The molecule has 1 aliphatic rings. The van der Waals surface area contributed by atoms with Gasteiger partial charge in [-0.25, -0.2) is 0 Å². The number of rotatable bonds is 3. The first-order valence-corrected chi connectivity index (χ1v) is 6.98. The molecule has 1 heterocycles. The molecule has 1 saturated carbocycles. The van der Waals surface area contributed by atoms with E-state index in [1.54, 1.807) is 0 Å². The van der Waals surface area contributed by atoms with Crippen molar-refractivity contribution in [1.29, 1.82) is 0 Å². The van der Waals surface area contributed by atoms with Crippen LogP contribution in [0.1, 0.15) is 30.5 Å². The van der Waals surface area contributed by atoms with Gasteiger partial charge in [0.15, 0.2) is 0 Å². The van der Waals surface area contributed by atoms with E-state index in [0.717, 1.165) is 12.8 Å². The Morgan fingerprint density at radius 3 is 2.84 bits per heavy atom. The van der Waals surface area contributed by atoms with Gasteiger partial charge in [0, 0.05) is 36.1 Å². The minimum atomic E-state index is 0.218. The van der Waals surface area contributed by atoms with E-state index in [1.807, 2.05) is 0 Å². The van der Waals surface area contributed by atoms with Gasteiger partial charge >= 0.3 is 0 Å². The summed E-state index contributed by atoms with van der Waals surface area (Å²) in [4.78, 5) is 11.8. The highest BCUT2D eigenvalue weighted by Crippen LogP contribution is 2.26. The average Bonchev–Trinajstić information content (AvgIpc) is 2.60. The molecule has 1 fully saturated rings. The molecule has 3 heteroatoms. The molecule has 0 spiro atoms. The van der Waals surface area contributed by atoms with Gasteiger partial charge in [0.2, 0.25) is 5.91 Å². The minimum Gasteiger partial charge on any atom is -0.352 e. The van der Waals surface area contributed by atoms with Crippen LogP contribution in [0.25, 0.3) is 10.9 Å². The van der Waals surface area contributed by atoms with Crippen molar-refractivity contribution in [3.63, 3.8) is 0 Å². The van der Waals surface area contributed by atoms with Crippen molar-refractivity contribution in [3.05, 3.63) is 35.5 Å². The Labute approximate surface area is 113 Å². The van der Waals surface area contributed by atoms with Crippen molar-refractivity contribution < 1.29 is 4.79 Å². The van der Waals surface area contributed by atoms with Crippen LogP contribution in [0.4, 0.5) is 0 Å². The number of aromatic nitrogens is 1. The maximum absolute atomic E-state index is 11.8. The lowest BCUT2D eigenvalue weighted by atomic mass is 9.85. The van der Waals surface area contributed by atoms with Crippen molar-refractivity contribution in [2.75, 3.05) is 0 Å². The van der Waals surface area contributed by atoms with E-state index < -0.39 is 0 Å². The van der Waals surface area contributed by atoms with Gasteiger partial charge in [-0.05, 0) is 43.5 Å². The molecule has 0 radical (unpaired) electrons. The molecule has 3 nitrogen and oxygen atoms in total. The summed E-state index contributed by atoms with van der Waals surface area (Å²) in [6.07, 6.45) is 3.32. The molecule has 0 unspecified atom stereocenters. The van der Waals surface area contributed by atoms with Crippen molar-refractivity contribution in [2.24, 2.45) is 13.0 Å². The van der Waals surface area contributed by atoms with Gasteiger partial charge in [0.05, 0.1) is 0 Å². The Morgan fingerprint density at radius 2 is 2.16 bits per heavy atom. The molecule has 19 heavy (non-hydrogen) atoms. The molecule has 0 saturated heterocycles. The lowest BCUT2D eigenvalue weighted by molar-refractivity contribution is -0.127. The fourth-order valence-corrected chi connectivity index (χ4v) is 2.65. The summed E-state index contributed by atoms with van der Waals surface area (Å²) in [5.74, 6) is 0.485. The van der Waals surface area contributed by atoms with E-state index in [1.165, 1.54) is 28.6 Å². The number of carbonyl (C=O) groups is 1. The smallest absolute Gasteiger partial charge is 0.223 e. The fraction of sp³-hybridized carbons (Fsp3) is 0.438. The quantitative estimate of drug-likeness (QED) is 0.900. The largest absolute Gasteiger partial charge is 0.352 e. The summed E-state index contributed by atoms with van der Waals surface area (Å²) >= 11 is 0. The monoisotopic (exact) mass is 256 g/mol. The number of hydrogen-bond acceptors (Lipinski definition) is 1. The molecule has 1 aromatic carbocycles. The third kappa shape index (κ3) is 2.25. The van der Waals surface area contributed by atoms with Crippen molar-refractivity contribution in [1.82, 2.24) is 9.88 Å². The molecule has 2 aromatic rings. The number of nitrogens with one attached hydrogen (secondary N) is 1. The predicted molar refractivity (Wildman–Crippen MR) is 76.8 cm³/mol. The van der Waals surface area contributed by atoms with Crippen LogP contribution in [0.15, 0.2) is 24.3 Å². The van der Waals surface area contributed by atoms with E-state index in [-0.39, 0.29) is 11.8 Å². The first-order valence-electron chi connectivity index (χ1n) is 6.98. The summed E-state index contributed by atoms with van der Waals surface area (Å²) in [5, 5.41) is 4.29. The number of nitrogens with zero attached hydrogens (tertiary/aromatic N) is 1. The summed E-state index contributed by atoms with van der Waals surface area (Å²) in [6.45, 7) is 2.75. The summed E-state index contributed by atoms with van der Waals surface area (Å²) in [5.41, 5.74) is 3.67. The second-order valence-corrected chi connectivity index (χ2v) is 5.58. The van der Waals surface area contributed by atoms with Crippen LogP contribution in [0.3, 0.4) is 0 Å². The van der Waals surface area contributed by atoms with Gasteiger partial charge in [0.25, 0.3) is 0 Å². The van der Waals surface area contributed by atoms with Crippen LogP contribution >= 0.6 is 0 Å². The van der Waals surface area contributed by atoms with Gasteiger partial charge in [0.1, 0.15) is 0 Å². The zero-order chi connectivity index (χ0) is 13.4. The third-order valence-electron chi connectivity index (χ3n) is 4.29. The lowest BCUT2D eigenvalue weighted by Gasteiger charge is -2.24. The van der Waals surface area contributed by atoms with Gasteiger partial charge < -0.3 is 9.88 Å². The maximum Gasteiger partial charge on any atom is 0.223 e. The van der Waals surface area contributed by atoms with E-state index >= 15 is 0 Å². The second-order valence-electron chi connectivity index (χ2n) is 5.58. The topological polar surface area (TPSA) is 34.0 Å². The molecular formula is C16H20N2O. The second kappa shape index (κ2) is 4.72. The van der Waals surface area contributed by atoms with Crippen molar-refractivity contribution in [2.45, 2.75) is 32.7 Å². The van der Waals surface area contributed by atoms with Crippen LogP contribution in [0.2, 0.25) is 0 Å². The molecular weight excluding hydrogens is 236 g/mol. The van der Waals surface area contributed by atoms with Crippen LogP contribution in [0.5, 0.6) is 0 Å². The zero-order valence-electron chi connectivity index (χ0n) is 11.6. The van der Waals surface area contributed by atoms with Crippen LogP contribution in [-0.4, -0.2) is 10.5 Å². The standard InChI is InChI=1S/C16H20N2O/c1-11-8-14-9-12(6-7-15(14)18(11)2)10-17-16(19)13-4-3-5-13/h6-9,13H,3-5,10H2,1-2H3,(H,17,19). The van der Waals surface area contributed by atoms with Crippen LogP contribution in [-0.2, 0) is 18.4 Å². The normalized spacial score (nSPS) is 15.5. The highest BCUT2D eigenvalue weighted by molar-refractivity contribution is 5.82. The molecule has 0 aliphatic heterocycles. The van der Waals surface area contributed by atoms with Gasteiger partial charge in [-0.3, -0.25) is 4.79 Å². The van der Waals surface area contributed by atoms with E-state index in [0.29, 0.717) is 6.54 Å². The first kappa shape index (κ1) is 12.3. The number of carbonyl (C=O) groups excluding carboxylic acids is 1. The minimum absolute atomic E-state index is 0.218.